The molecule has 0 aliphatic heterocycles. The maximum atomic E-state index is 5.96. The van der Waals surface area contributed by atoms with Crippen LogP contribution in [0, 0.1) is 6.92 Å². The number of hydrogen-bond acceptors (Lipinski definition) is 4. The summed E-state index contributed by atoms with van der Waals surface area (Å²) in [4.78, 5) is 4.25. The summed E-state index contributed by atoms with van der Waals surface area (Å²) in [5.41, 5.74) is 7.44. The second-order valence-electron chi connectivity index (χ2n) is 4.72. The van der Waals surface area contributed by atoms with Crippen LogP contribution in [0.2, 0.25) is 0 Å². The molecule has 0 bridgehead atoms. The molecular formula is C13H19BrN2O2. The van der Waals surface area contributed by atoms with Gasteiger partial charge in [0, 0.05) is 13.5 Å². The number of hydrogen-bond donors (Lipinski definition) is 1. The zero-order chi connectivity index (χ0) is 13.1. The number of halogens is 1. The predicted molar refractivity (Wildman–Crippen MR) is 74.8 cm³/mol. The summed E-state index contributed by atoms with van der Waals surface area (Å²) in [6.45, 7) is 1.95. The van der Waals surface area contributed by atoms with Crippen molar-refractivity contribution in [3.8, 4) is 5.88 Å². The molecule has 2 rings (SSSR count). The third-order valence-electron chi connectivity index (χ3n) is 3.46. The van der Waals surface area contributed by atoms with E-state index in [1.165, 1.54) is 0 Å². The van der Waals surface area contributed by atoms with E-state index in [1.807, 2.05) is 6.92 Å². The molecule has 0 spiro atoms. The van der Waals surface area contributed by atoms with Gasteiger partial charge in [0.05, 0.1) is 22.5 Å². The topological polar surface area (TPSA) is 57.4 Å². The summed E-state index contributed by atoms with van der Waals surface area (Å²) >= 11 is 3.49. The van der Waals surface area contributed by atoms with Crippen molar-refractivity contribution in [1.29, 1.82) is 0 Å². The van der Waals surface area contributed by atoms with E-state index >= 15 is 0 Å². The van der Waals surface area contributed by atoms with Gasteiger partial charge in [0.1, 0.15) is 6.10 Å². The predicted octanol–water partition coefficient (Wildman–Crippen LogP) is 3.07. The van der Waals surface area contributed by atoms with Gasteiger partial charge in [-0.05, 0) is 47.7 Å². The van der Waals surface area contributed by atoms with Gasteiger partial charge in [-0.1, -0.05) is 0 Å². The average molecular weight is 315 g/mol. The van der Waals surface area contributed by atoms with Crippen LogP contribution in [0.15, 0.2) is 10.7 Å². The summed E-state index contributed by atoms with van der Waals surface area (Å²) in [6.07, 6.45) is 6.35. The van der Waals surface area contributed by atoms with Crippen molar-refractivity contribution in [2.45, 2.75) is 44.8 Å². The van der Waals surface area contributed by atoms with Crippen LogP contribution in [0.5, 0.6) is 5.88 Å². The van der Waals surface area contributed by atoms with Crippen molar-refractivity contribution in [1.82, 2.24) is 4.98 Å². The molecule has 1 heterocycles. The van der Waals surface area contributed by atoms with Crippen LogP contribution in [0.4, 0.5) is 5.69 Å². The monoisotopic (exact) mass is 314 g/mol. The van der Waals surface area contributed by atoms with Crippen molar-refractivity contribution < 1.29 is 9.47 Å². The van der Waals surface area contributed by atoms with Crippen LogP contribution in [-0.4, -0.2) is 24.3 Å². The van der Waals surface area contributed by atoms with Gasteiger partial charge in [-0.3, -0.25) is 0 Å². The number of pyridine rings is 1. The lowest BCUT2D eigenvalue weighted by Gasteiger charge is -2.28. The summed E-state index contributed by atoms with van der Waals surface area (Å²) in [6, 6.07) is 0. The van der Waals surface area contributed by atoms with Gasteiger partial charge in [0.15, 0.2) is 0 Å². The van der Waals surface area contributed by atoms with E-state index in [-0.39, 0.29) is 6.10 Å². The second-order valence-corrected chi connectivity index (χ2v) is 5.51. The lowest BCUT2D eigenvalue weighted by atomic mass is 9.95. The van der Waals surface area contributed by atoms with Crippen molar-refractivity contribution in [3.63, 3.8) is 0 Å². The van der Waals surface area contributed by atoms with Crippen LogP contribution in [-0.2, 0) is 4.74 Å². The minimum absolute atomic E-state index is 0.176. The van der Waals surface area contributed by atoms with Crippen LogP contribution in [0.3, 0.4) is 0 Å². The zero-order valence-electron chi connectivity index (χ0n) is 10.8. The molecule has 0 aromatic carbocycles. The molecule has 100 valence electrons. The largest absolute Gasteiger partial charge is 0.473 e. The Bertz CT molecular complexity index is 426. The number of methoxy groups -OCH3 is 1. The van der Waals surface area contributed by atoms with E-state index in [1.54, 1.807) is 13.3 Å². The van der Waals surface area contributed by atoms with Gasteiger partial charge < -0.3 is 15.2 Å². The Morgan fingerprint density at radius 1 is 1.39 bits per heavy atom. The fourth-order valence-corrected chi connectivity index (χ4v) is 2.66. The maximum Gasteiger partial charge on any atom is 0.228 e. The van der Waals surface area contributed by atoms with Crippen molar-refractivity contribution in [2.24, 2.45) is 0 Å². The number of anilines is 1. The first-order chi connectivity index (χ1) is 8.61. The summed E-state index contributed by atoms with van der Waals surface area (Å²) in [5, 5.41) is 0. The number of nitrogen functional groups attached to an aromatic ring is 1. The van der Waals surface area contributed by atoms with Crippen molar-refractivity contribution >= 4 is 21.6 Å². The highest BCUT2D eigenvalue weighted by molar-refractivity contribution is 9.10. The molecule has 5 heteroatoms. The molecule has 2 unspecified atom stereocenters. The fraction of sp³-hybridized carbons (Fsp3) is 0.615. The normalized spacial score (nSPS) is 23.9. The molecule has 2 N–H and O–H groups in total. The van der Waals surface area contributed by atoms with E-state index in [2.05, 4.69) is 20.9 Å². The SMILES string of the molecule is COC1CCCC(Oc2ncc(N)c(C)c2Br)C1. The minimum atomic E-state index is 0.176. The number of ether oxygens (including phenoxy) is 2. The van der Waals surface area contributed by atoms with E-state index < -0.39 is 0 Å². The van der Waals surface area contributed by atoms with Crippen molar-refractivity contribution in [2.75, 3.05) is 12.8 Å². The second kappa shape index (κ2) is 5.89. The average Bonchev–Trinajstić information content (AvgIpc) is 2.40. The van der Waals surface area contributed by atoms with Gasteiger partial charge in [0.25, 0.3) is 0 Å². The molecule has 1 aromatic rings. The lowest BCUT2D eigenvalue weighted by molar-refractivity contribution is 0.0192. The highest BCUT2D eigenvalue weighted by Crippen LogP contribution is 2.32. The Labute approximate surface area is 116 Å². The molecule has 0 amide bonds. The van der Waals surface area contributed by atoms with Crippen LogP contribution in [0.1, 0.15) is 31.2 Å². The van der Waals surface area contributed by atoms with E-state index in [0.29, 0.717) is 17.7 Å². The van der Waals surface area contributed by atoms with Crippen LogP contribution >= 0.6 is 15.9 Å². The Morgan fingerprint density at radius 3 is 2.83 bits per heavy atom. The highest BCUT2D eigenvalue weighted by atomic mass is 79.9. The molecule has 1 aliphatic rings. The third-order valence-corrected chi connectivity index (χ3v) is 4.39. The van der Waals surface area contributed by atoms with Gasteiger partial charge >= 0.3 is 0 Å². The van der Waals surface area contributed by atoms with Gasteiger partial charge in [0.2, 0.25) is 5.88 Å². The molecule has 1 fully saturated rings. The molecule has 18 heavy (non-hydrogen) atoms. The van der Waals surface area contributed by atoms with Crippen molar-refractivity contribution in [3.05, 3.63) is 16.2 Å². The first-order valence-electron chi connectivity index (χ1n) is 6.21. The number of nitrogens with zero attached hydrogens (tertiary/aromatic N) is 1. The highest BCUT2D eigenvalue weighted by Gasteiger charge is 2.24. The molecular weight excluding hydrogens is 296 g/mol. The maximum absolute atomic E-state index is 5.96. The quantitative estimate of drug-likeness (QED) is 0.931. The summed E-state index contributed by atoms with van der Waals surface area (Å²) < 4.78 is 12.2. The molecule has 0 saturated heterocycles. The molecule has 1 aliphatic carbocycles. The minimum Gasteiger partial charge on any atom is -0.473 e. The Hall–Kier alpha value is -0.810. The van der Waals surface area contributed by atoms with Gasteiger partial charge in [-0.25, -0.2) is 4.98 Å². The molecule has 4 nitrogen and oxygen atoms in total. The van der Waals surface area contributed by atoms with Gasteiger partial charge in [-0.2, -0.15) is 0 Å². The van der Waals surface area contributed by atoms with Crippen LogP contribution < -0.4 is 10.5 Å². The van der Waals surface area contributed by atoms with Crippen LogP contribution in [0.25, 0.3) is 0 Å². The van der Waals surface area contributed by atoms with E-state index in [4.69, 9.17) is 15.2 Å². The standard InChI is InChI=1S/C13H19BrN2O2/c1-8-11(15)7-16-13(12(8)14)18-10-5-3-4-9(6-10)17-2/h7,9-10H,3-6,15H2,1-2H3. The third kappa shape index (κ3) is 2.95. The molecule has 1 aromatic heterocycles. The Morgan fingerprint density at radius 2 is 2.11 bits per heavy atom. The first-order valence-corrected chi connectivity index (χ1v) is 7.01. The number of nitrogens with two attached hydrogens (primary N) is 1. The molecule has 1 saturated carbocycles. The zero-order valence-corrected chi connectivity index (χ0v) is 12.4. The fourth-order valence-electron chi connectivity index (χ4n) is 2.23. The first kappa shape index (κ1) is 13.6. The smallest absolute Gasteiger partial charge is 0.228 e. The van der Waals surface area contributed by atoms with E-state index in [0.717, 1.165) is 35.7 Å². The molecule has 2 atom stereocenters. The lowest BCUT2D eigenvalue weighted by Crippen LogP contribution is -2.29. The Balaban J connectivity index is 2.07. The van der Waals surface area contributed by atoms with Gasteiger partial charge in [-0.15, -0.1) is 0 Å². The summed E-state index contributed by atoms with van der Waals surface area (Å²) in [7, 11) is 1.76. The van der Waals surface area contributed by atoms with E-state index in [9.17, 15) is 0 Å². The Kier molecular flexibility index (Phi) is 4.45. The number of aromatic nitrogens is 1. The number of rotatable bonds is 3. The molecule has 0 radical (unpaired) electrons. The summed E-state index contributed by atoms with van der Waals surface area (Å²) in [5.74, 6) is 0.628.